The van der Waals surface area contributed by atoms with E-state index in [0.29, 0.717) is 11.1 Å². The van der Waals surface area contributed by atoms with E-state index in [0.717, 1.165) is 42.8 Å². The molecule has 1 saturated heterocycles. The van der Waals surface area contributed by atoms with Crippen molar-refractivity contribution in [3.63, 3.8) is 0 Å². The van der Waals surface area contributed by atoms with Crippen LogP contribution in [0.5, 0.6) is 0 Å². The van der Waals surface area contributed by atoms with E-state index in [1.54, 1.807) is 12.4 Å². The van der Waals surface area contributed by atoms with Crippen molar-refractivity contribution >= 4 is 22.8 Å². The van der Waals surface area contributed by atoms with E-state index in [9.17, 15) is 0 Å². The summed E-state index contributed by atoms with van der Waals surface area (Å²) in [4.78, 5) is 8.48. The maximum absolute atomic E-state index is 5.86. The van der Waals surface area contributed by atoms with Gasteiger partial charge >= 0.3 is 0 Å². The first-order valence-electron chi connectivity index (χ1n) is 5.75. The third-order valence-electron chi connectivity index (χ3n) is 3.83. The number of hydrogen-bond acceptors (Lipinski definition) is 4. The molecule has 2 aliphatic rings. The Morgan fingerprint density at radius 3 is 3.00 bits per heavy atom. The van der Waals surface area contributed by atoms with Gasteiger partial charge in [-0.05, 0) is 17.8 Å². The molecule has 17 heavy (non-hydrogen) atoms. The van der Waals surface area contributed by atoms with Crippen LogP contribution in [-0.4, -0.2) is 33.0 Å². The fraction of sp³-hybridized carbons (Fsp3) is 0.545. The molecule has 0 amide bonds. The SMILES string of the molecule is Clc1cnc2cnn(CC3[C@H]4COC[C@@H]34)c2n1. The topological polar surface area (TPSA) is 52.8 Å². The van der Waals surface area contributed by atoms with Gasteiger partial charge in [-0.25, -0.2) is 14.6 Å². The molecule has 4 rings (SSSR count). The Bertz CT molecular complexity index is 574. The number of hydrogen-bond donors (Lipinski definition) is 0. The summed E-state index contributed by atoms with van der Waals surface area (Å²) in [6.45, 7) is 2.71. The van der Waals surface area contributed by atoms with Crippen molar-refractivity contribution in [3.8, 4) is 0 Å². The summed E-state index contributed by atoms with van der Waals surface area (Å²) in [5.41, 5.74) is 1.58. The van der Waals surface area contributed by atoms with E-state index >= 15 is 0 Å². The molecule has 2 fully saturated rings. The fourth-order valence-electron chi connectivity index (χ4n) is 2.79. The Balaban J connectivity index is 1.65. The highest BCUT2D eigenvalue weighted by atomic mass is 35.5. The van der Waals surface area contributed by atoms with Gasteiger partial charge in [0.05, 0.1) is 25.6 Å². The molecule has 0 N–H and O–H groups in total. The first kappa shape index (κ1) is 9.79. The van der Waals surface area contributed by atoms with Gasteiger partial charge in [0.25, 0.3) is 0 Å². The zero-order valence-corrected chi connectivity index (χ0v) is 9.84. The van der Waals surface area contributed by atoms with Gasteiger partial charge in [-0.3, -0.25) is 0 Å². The van der Waals surface area contributed by atoms with Crippen LogP contribution in [0, 0.1) is 17.8 Å². The van der Waals surface area contributed by atoms with E-state index in [2.05, 4.69) is 15.1 Å². The molecule has 0 radical (unpaired) electrons. The van der Waals surface area contributed by atoms with E-state index < -0.39 is 0 Å². The molecule has 5 nitrogen and oxygen atoms in total. The maximum atomic E-state index is 5.86. The second kappa shape index (κ2) is 3.40. The lowest BCUT2D eigenvalue weighted by molar-refractivity contribution is 0.147. The van der Waals surface area contributed by atoms with Crippen LogP contribution in [0.1, 0.15) is 0 Å². The van der Waals surface area contributed by atoms with Crippen LogP contribution in [-0.2, 0) is 11.3 Å². The van der Waals surface area contributed by atoms with Gasteiger partial charge in [0.1, 0.15) is 10.7 Å². The first-order valence-corrected chi connectivity index (χ1v) is 6.12. The number of halogens is 1. The normalized spacial score (nSPS) is 30.8. The molecule has 2 aromatic rings. The summed E-state index contributed by atoms with van der Waals surface area (Å²) in [6, 6.07) is 0. The Hall–Kier alpha value is -1.20. The predicted octanol–water partition coefficient (Wildman–Crippen LogP) is 1.37. The highest BCUT2D eigenvalue weighted by molar-refractivity contribution is 6.29. The standard InChI is InChI=1S/C11H11ClN4O/c12-10-2-13-9-1-14-16(11(9)15-10)3-6-7-4-17-5-8(6)7/h1-2,6-8H,3-5H2/t6?,7-,8+. The average molecular weight is 251 g/mol. The minimum absolute atomic E-state index is 0.415. The average Bonchev–Trinajstić information content (AvgIpc) is 2.71. The van der Waals surface area contributed by atoms with Gasteiger partial charge in [-0.1, -0.05) is 11.6 Å². The second-order valence-electron chi connectivity index (χ2n) is 4.76. The highest BCUT2D eigenvalue weighted by Gasteiger charge is 2.53. The summed E-state index contributed by atoms with van der Waals surface area (Å²) < 4.78 is 7.30. The van der Waals surface area contributed by atoms with Crippen LogP contribution in [0.3, 0.4) is 0 Å². The van der Waals surface area contributed by atoms with Crippen molar-refractivity contribution in [1.82, 2.24) is 19.7 Å². The van der Waals surface area contributed by atoms with Crippen LogP contribution in [0.15, 0.2) is 12.4 Å². The molecule has 88 valence electrons. The summed E-state index contributed by atoms with van der Waals surface area (Å²) in [5, 5.41) is 4.75. The van der Waals surface area contributed by atoms with Gasteiger partial charge in [0, 0.05) is 6.54 Å². The van der Waals surface area contributed by atoms with Crippen LogP contribution in [0.25, 0.3) is 11.2 Å². The number of rotatable bonds is 2. The number of aromatic nitrogens is 4. The smallest absolute Gasteiger partial charge is 0.178 e. The summed E-state index contributed by atoms with van der Waals surface area (Å²) in [5.74, 6) is 2.13. The molecular weight excluding hydrogens is 240 g/mol. The number of ether oxygens (including phenoxy) is 1. The lowest BCUT2D eigenvalue weighted by atomic mass is 10.3. The van der Waals surface area contributed by atoms with Gasteiger partial charge in [-0.2, -0.15) is 5.10 Å². The second-order valence-corrected chi connectivity index (χ2v) is 5.14. The minimum Gasteiger partial charge on any atom is -0.381 e. The van der Waals surface area contributed by atoms with Crippen molar-refractivity contribution in [2.75, 3.05) is 13.2 Å². The quantitative estimate of drug-likeness (QED) is 0.808. The number of nitrogens with zero attached hydrogens (tertiary/aromatic N) is 4. The van der Waals surface area contributed by atoms with Crippen molar-refractivity contribution < 1.29 is 4.74 Å². The summed E-state index contributed by atoms with van der Waals surface area (Å²) in [7, 11) is 0. The predicted molar refractivity (Wildman–Crippen MR) is 61.6 cm³/mol. The maximum Gasteiger partial charge on any atom is 0.178 e. The molecule has 0 aromatic carbocycles. The van der Waals surface area contributed by atoms with Gasteiger partial charge < -0.3 is 4.74 Å². The summed E-state index contributed by atoms with van der Waals surface area (Å²) in [6.07, 6.45) is 3.29. The van der Waals surface area contributed by atoms with Crippen molar-refractivity contribution in [2.45, 2.75) is 6.54 Å². The van der Waals surface area contributed by atoms with Gasteiger partial charge in [0.2, 0.25) is 0 Å². The molecule has 6 heteroatoms. The molecule has 1 aliphatic carbocycles. The number of fused-ring (bicyclic) bond motifs is 2. The molecule has 1 aliphatic heterocycles. The third kappa shape index (κ3) is 1.46. The molecule has 3 heterocycles. The first-order chi connectivity index (χ1) is 8.33. The molecule has 1 unspecified atom stereocenters. The fourth-order valence-corrected chi connectivity index (χ4v) is 2.92. The molecule has 0 bridgehead atoms. The molecule has 1 saturated carbocycles. The molecular formula is C11H11ClN4O. The van der Waals surface area contributed by atoms with E-state index in [-0.39, 0.29) is 0 Å². The minimum atomic E-state index is 0.415. The monoisotopic (exact) mass is 250 g/mol. The molecule has 0 spiro atoms. The van der Waals surface area contributed by atoms with Gasteiger partial charge in [-0.15, -0.1) is 0 Å². The molecule has 2 aromatic heterocycles. The van der Waals surface area contributed by atoms with E-state index in [1.807, 2.05) is 4.68 Å². The Morgan fingerprint density at radius 2 is 2.18 bits per heavy atom. The third-order valence-corrected chi connectivity index (χ3v) is 4.01. The lowest BCUT2D eigenvalue weighted by Gasteiger charge is -2.05. The lowest BCUT2D eigenvalue weighted by Crippen LogP contribution is -2.08. The van der Waals surface area contributed by atoms with Crippen LogP contribution in [0.2, 0.25) is 5.15 Å². The Kier molecular flexibility index (Phi) is 1.96. The van der Waals surface area contributed by atoms with Crippen LogP contribution < -0.4 is 0 Å². The highest BCUT2D eigenvalue weighted by Crippen LogP contribution is 2.51. The molecule has 3 atom stereocenters. The van der Waals surface area contributed by atoms with E-state index in [4.69, 9.17) is 16.3 Å². The van der Waals surface area contributed by atoms with E-state index in [1.165, 1.54) is 0 Å². The Labute approximate surface area is 103 Å². The summed E-state index contributed by atoms with van der Waals surface area (Å²) >= 11 is 5.86. The van der Waals surface area contributed by atoms with Crippen molar-refractivity contribution in [1.29, 1.82) is 0 Å². The Morgan fingerprint density at radius 1 is 1.35 bits per heavy atom. The largest absolute Gasteiger partial charge is 0.381 e. The van der Waals surface area contributed by atoms with Crippen molar-refractivity contribution in [2.24, 2.45) is 17.8 Å². The zero-order valence-electron chi connectivity index (χ0n) is 9.08. The van der Waals surface area contributed by atoms with Crippen molar-refractivity contribution in [3.05, 3.63) is 17.5 Å². The van der Waals surface area contributed by atoms with Crippen LogP contribution in [0.4, 0.5) is 0 Å². The van der Waals surface area contributed by atoms with Gasteiger partial charge in [0.15, 0.2) is 5.65 Å². The van der Waals surface area contributed by atoms with Crippen LogP contribution >= 0.6 is 11.6 Å². The zero-order chi connectivity index (χ0) is 11.4.